The zero-order valence-corrected chi connectivity index (χ0v) is 16.3. The van der Waals surface area contributed by atoms with Gasteiger partial charge in [0.15, 0.2) is 6.61 Å². The number of rotatable bonds is 6. The molecule has 0 radical (unpaired) electrons. The van der Waals surface area contributed by atoms with Gasteiger partial charge in [0, 0.05) is 6.07 Å². The number of carbonyl (C=O) groups is 2. The van der Waals surface area contributed by atoms with Crippen LogP contribution in [0.5, 0.6) is 0 Å². The second kappa shape index (κ2) is 8.21. The molecule has 1 N–H and O–H groups in total. The number of aromatic nitrogens is 6. The lowest BCUT2D eigenvalue weighted by molar-refractivity contribution is -0.119. The van der Waals surface area contributed by atoms with E-state index in [0.29, 0.717) is 22.9 Å². The van der Waals surface area contributed by atoms with Crippen LogP contribution in [-0.4, -0.2) is 48.5 Å². The van der Waals surface area contributed by atoms with Gasteiger partial charge in [-0.2, -0.15) is 9.78 Å². The maximum atomic E-state index is 13.2. The van der Waals surface area contributed by atoms with Gasteiger partial charge in [-0.05, 0) is 53.1 Å². The number of esters is 1. The van der Waals surface area contributed by atoms with Gasteiger partial charge in [-0.3, -0.25) is 4.79 Å². The Kier molecular flexibility index (Phi) is 5.30. The predicted molar refractivity (Wildman–Crippen MR) is 104 cm³/mol. The predicted octanol–water partition coefficient (Wildman–Crippen LogP) is 2.15. The van der Waals surface area contributed by atoms with E-state index in [9.17, 15) is 14.0 Å². The summed E-state index contributed by atoms with van der Waals surface area (Å²) in [5.41, 5.74) is 1.68. The highest BCUT2D eigenvalue weighted by atomic mass is 32.1. The van der Waals surface area contributed by atoms with E-state index in [-0.39, 0.29) is 10.7 Å². The van der Waals surface area contributed by atoms with Crippen molar-refractivity contribution in [3.8, 4) is 11.4 Å². The second-order valence-corrected chi connectivity index (χ2v) is 6.99. The van der Waals surface area contributed by atoms with Crippen molar-refractivity contribution in [2.75, 3.05) is 11.9 Å². The maximum Gasteiger partial charge on any atom is 0.351 e. The Morgan fingerprint density at radius 2 is 2.03 bits per heavy atom. The van der Waals surface area contributed by atoms with Crippen molar-refractivity contribution in [3.63, 3.8) is 0 Å². The number of benzene rings is 1. The average Bonchev–Trinajstić information content (AvgIpc) is 3.47. The van der Waals surface area contributed by atoms with Crippen molar-refractivity contribution < 1.29 is 18.7 Å². The molecule has 0 saturated heterocycles. The van der Waals surface area contributed by atoms with Crippen molar-refractivity contribution in [3.05, 3.63) is 64.5 Å². The molecule has 3 heterocycles. The van der Waals surface area contributed by atoms with Gasteiger partial charge in [-0.15, -0.1) is 16.4 Å². The van der Waals surface area contributed by atoms with Crippen LogP contribution in [0.15, 0.2) is 48.1 Å². The Morgan fingerprint density at radius 1 is 1.23 bits per heavy atom. The fourth-order valence-electron chi connectivity index (χ4n) is 2.65. The molecule has 0 fully saturated rings. The van der Waals surface area contributed by atoms with Gasteiger partial charge in [0.25, 0.3) is 5.91 Å². The van der Waals surface area contributed by atoms with E-state index in [1.54, 1.807) is 24.4 Å². The molecule has 1 amide bonds. The minimum absolute atomic E-state index is 0.266. The molecule has 30 heavy (non-hydrogen) atoms. The van der Waals surface area contributed by atoms with Gasteiger partial charge in [-0.1, -0.05) is 0 Å². The highest BCUT2D eigenvalue weighted by Crippen LogP contribution is 2.21. The Morgan fingerprint density at radius 3 is 2.77 bits per heavy atom. The second-order valence-electron chi connectivity index (χ2n) is 6.07. The molecule has 1 aromatic carbocycles. The molecule has 152 valence electrons. The summed E-state index contributed by atoms with van der Waals surface area (Å²) in [4.78, 5) is 25.0. The molecule has 0 aliphatic heterocycles. The summed E-state index contributed by atoms with van der Waals surface area (Å²) in [5.74, 6) is -1.23. The number of thiophene rings is 1. The molecule has 4 rings (SSSR count). The zero-order chi connectivity index (χ0) is 21.1. The molecule has 3 aromatic heterocycles. The van der Waals surface area contributed by atoms with Crippen LogP contribution < -0.4 is 5.32 Å². The highest BCUT2D eigenvalue weighted by molar-refractivity contribution is 7.12. The lowest BCUT2D eigenvalue weighted by Gasteiger charge is -2.09. The number of aryl methyl sites for hydroxylation is 1. The van der Waals surface area contributed by atoms with Crippen LogP contribution >= 0.6 is 11.3 Å². The molecule has 4 aromatic rings. The minimum Gasteiger partial charge on any atom is -0.451 e. The smallest absolute Gasteiger partial charge is 0.351 e. The molecule has 0 atom stereocenters. The fraction of sp³-hybridized carbons (Fsp3) is 0.111. The molecular formula is C18H14FN7O3S. The molecular weight excluding hydrogens is 413 g/mol. The number of carbonyl (C=O) groups excluding carboxylic acids is 2. The molecule has 10 nitrogen and oxygen atoms in total. The van der Waals surface area contributed by atoms with Crippen LogP contribution in [0.1, 0.15) is 15.4 Å². The number of amides is 1. The lowest BCUT2D eigenvalue weighted by atomic mass is 10.3. The van der Waals surface area contributed by atoms with Crippen LogP contribution in [0.2, 0.25) is 0 Å². The van der Waals surface area contributed by atoms with E-state index >= 15 is 0 Å². The molecule has 0 aliphatic rings. The summed E-state index contributed by atoms with van der Waals surface area (Å²) >= 11 is 1.15. The maximum absolute atomic E-state index is 13.2. The zero-order valence-electron chi connectivity index (χ0n) is 15.5. The van der Waals surface area contributed by atoms with Gasteiger partial charge in [0.1, 0.15) is 22.8 Å². The Labute approximate surface area is 172 Å². The number of ether oxygens (including phenoxy) is 1. The monoisotopic (exact) mass is 427 g/mol. The number of halogens is 1. The lowest BCUT2D eigenvalue weighted by Crippen LogP contribution is -2.22. The van der Waals surface area contributed by atoms with Crippen LogP contribution in [0.3, 0.4) is 0 Å². The third-order valence-electron chi connectivity index (χ3n) is 3.93. The minimum atomic E-state index is -0.672. The average molecular weight is 427 g/mol. The van der Waals surface area contributed by atoms with E-state index in [0.717, 1.165) is 11.3 Å². The summed E-state index contributed by atoms with van der Waals surface area (Å²) in [6.45, 7) is 1.26. The van der Waals surface area contributed by atoms with Crippen molar-refractivity contribution in [1.82, 2.24) is 30.0 Å². The fourth-order valence-corrected chi connectivity index (χ4v) is 3.42. The molecule has 12 heteroatoms. The van der Waals surface area contributed by atoms with Gasteiger partial charge in [0.2, 0.25) is 0 Å². The number of anilines is 1. The van der Waals surface area contributed by atoms with E-state index in [1.165, 1.54) is 40.0 Å². The van der Waals surface area contributed by atoms with E-state index in [2.05, 4.69) is 25.9 Å². The van der Waals surface area contributed by atoms with E-state index < -0.39 is 18.5 Å². The molecule has 0 saturated carbocycles. The summed E-state index contributed by atoms with van der Waals surface area (Å²) in [6, 6.07) is 8.98. The number of tetrazole rings is 1. The van der Waals surface area contributed by atoms with Crippen LogP contribution in [-0.2, 0) is 9.53 Å². The summed E-state index contributed by atoms with van der Waals surface area (Å²) in [6.07, 6.45) is 1.35. The third kappa shape index (κ3) is 4.07. The van der Waals surface area contributed by atoms with E-state index in [1.807, 2.05) is 0 Å². The standard InChI is InChI=1S/C18H14FN7O3S/c1-11-8-15(26(22-11)13-4-2-12(19)3-5-13)21-16(27)9-29-18(28)17-14(6-7-30-17)25-10-20-23-24-25/h2-8,10H,9H2,1H3,(H,21,27). The largest absolute Gasteiger partial charge is 0.451 e. The number of nitrogens with zero attached hydrogens (tertiary/aromatic N) is 6. The summed E-state index contributed by atoms with van der Waals surface area (Å²) < 4.78 is 21.1. The first-order valence-corrected chi connectivity index (χ1v) is 9.49. The van der Waals surface area contributed by atoms with E-state index in [4.69, 9.17) is 4.74 Å². The van der Waals surface area contributed by atoms with Gasteiger partial charge >= 0.3 is 5.97 Å². The van der Waals surface area contributed by atoms with Crippen molar-refractivity contribution >= 4 is 29.0 Å². The molecule has 0 spiro atoms. The van der Waals surface area contributed by atoms with Crippen LogP contribution in [0, 0.1) is 12.7 Å². The molecule has 0 unspecified atom stereocenters. The Hall–Kier alpha value is -3.93. The first kappa shape index (κ1) is 19.4. The normalized spacial score (nSPS) is 10.7. The molecule has 0 bridgehead atoms. The topological polar surface area (TPSA) is 117 Å². The van der Waals surface area contributed by atoms with Gasteiger partial charge in [0.05, 0.1) is 17.1 Å². The van der Waals surface area contributed by atoms with Crippen molar-refractivity contribution in [2.45, 2.75) is 6.92 Å². The quantitative estimate of drug-likeness (QED) is 0.469. The van der Waals surface area contributed by atoms with Gasteiger partial charge in [-0.25, -0.2) is 13.9 Å². The summed E-state index contributed by atoms with van der Waals surface area (Å²) in [5, 5.41) is 19.4. The van der Waals surface area contributed by atoms with Crippen molar-refractivity contribution in [1.29, 1.82) is 0 Å². The van der Waals surface area contributed by atoms with Crippen LogP contribution in [0.4, 0.5) is 10.2 Å². The van der Waals surface area contributed by atoms with Crippen molar-refractivity contribution in [2.24, 2.45) is 0 Å². The number of hydrogen-bond acceptors (Lipinski definition) is 8. The van der Waals surface area contributed by atoms with Crippen LogP contribution in [0.25, 0.3) is 11.4 Å². The Bertz CT molecular complexity index is 1190. The molecule has 0 aliphatic carbocycles. The third-order valence-corrected chi connectivity index (χ3v) is 4.81. The first-order valence-electron chi connectivity index (χ1n) is 8.61. The Balaban J connectivity index is 1.42. The SMILES string of the molecule is Cc1cc(NC(=O)COC(=O)c2sccc2-n2cnnn2)n(-c2ccc(F)cc2)n1. The highest BCUT2D eigenvalue weighted by Gasteiger charge is 2.19. The van der Waals surface area contributed by atoms with Gasteiger partial charge < -0.3 is 10.1 Å². The summed E-state index contributed by atoms with van der Waals surface area (Å²) in [7, 11) is 0. The number of nitrogens with one attached hydrogen (secondary N) is 1. The first-order chi connectivity index (χ1) is 14.5. The number of hydrogen-bond donors (Lipinski definition) is 1.